The Labute approximate surface area is 104 Å². The first-order valence-corrected chi connectivity index (χ1v) is 5.79. The zero-order chi connectivity index (χ0) is 12.4. The number of halogens is 2. The van der Waals surface area contributed by atoms with E-state index in [1.165, 1.54) is 6.07 Å². The summed E-state index contributed by atoms with van der Waals surface area (Å²) in [6.45, 7) is 4.96. The zero-order valence-corrected chi connectivity index (χ0v) is 10.4. The topological polar surface area (TPSA) is 30.7 Å². The van der Waals surface area contributed by atoms with Crippen LogP contribution < -0.4 is 0 Å². The van der Waals surface area contributed by atoms with Gasteiger partial charge >= 0.3 is 0 Å². The van der Waals surface area contributed by atoms with Crippen LogP contribution in [0.5, 0.6) is 0 Å². The molecule has 17 heavy (non-hydrogen) atoms. The number of rotatable bonds is 3. The van der Waals surface area contributed by atoms with E-state index in [1.807, 2.05) is 4.57 Å². The quantitative estimate of drug-likeness (QED) is 0.839. The Bertz CT molecular complexity index is 522. The van der Waals surface area contributed by atoms with Gasteiger partial charge in [0.1, 0.15) is 12.1 Å². The van der Waals surface area contributed by atoms with Gasteiger partial charge in [0, 0.05) is 12.1 Å². The molecule has 0 aliphatic carbocycles. The summed E-state index contributed by atoms with van der Waals surface area (Å²) >= 11 is 5.94. The summed E-state index contributed by atoms with van der Waals surface area (Å²) in [5.74, 6) is 0.614. The van der Waals surface area contributed by atoms with Gasteiger partial charge in [-0.1, -0.05) is 31.5 Å². The molecule has 2 rings (SSSR count). The van der Waals surface area contributed by atoms with E-state index in [9.17, 15) is 4.39 Å². The summed E-state index contributed by atoms with van der Waals surface area (Å²) in [5, 5.41) is 7.95. The molecule has 0 radical (unpaired) electrons. The number of hydrogen-bond acceptors (Lipinski definition) is 2. The Kier molecular flexibility index (Phi) is 3.43. The Hall–Kier alpha value is -1.42. The number of aromatic nitrogens is 3. The summed E-state index contributed by atoms with van der Waals surface area (Å²) < 4.78 is 15.3. The van der Waals surface area contributed by atoms with Gasteiger partial charge in [-0.05, 0) is 18.1 Å². The highest BCUT2D eigenvalue weighted by molar-refractivity contribution is 6.33. The van der Waals surface area contributed by atoms with E-state index in [4.69, 9.17) is 11.6 Å². The second-order valence-corrected chi connectivity index (χ2v) is 4.68. The molecule has 2 aromatic rings. The Morgan fingerprint density at radius 1 is 1.41 bits per heavy atom. The van der Waals surface area contributed by atoms with E-state index in [0.29, 0.717) is 17.3 Å². The van der Waals surface area contributed by atoms with Crippen molar-refractivity contribution < 1.29 is 4.39 Å². The number of hydrogen-bond donors (Lipinski definition) is 0. The maximum absolute atomic E-state index is 13.4. The van der Waals surface area contributed by atoms with Crippen LogP contribution in [0.4, 0.5) is 4.39 Å². The first-order valence-electron chi connectivity index (χ1n) is 5.41. The van der Waals surface area contributed by atoms with E-state index < -0.39 is 5.82 Å². The standard InChI is InChI=1S/C12H13ClFN3/c1-8(2)6-17-7-15-16-12(17)9-4-3-5-10(14)11(9)13/h3-5,7-8H,6H2,1-2H3. The van der Waals surface area contributed by atoms with Crippen molar-refractivity contribution in [2.24, 2.45) is 5.92 Å². The van der Waals surface area contributed by atoms with Crippen molar-refractivity contribution >= 4 is 11.6 Å². The van der Waals surface area contributed by atoms with Gasteiger partial charge in [0.05, 0.1) is 5.02 Å². The molecule has 0 N–H and O–H groups in total. The predicted octanol–water partition coefficient (Wildman–Crippen LogP) is 3.39. The molecule has 5 heteroatoms. The molecular formula is C12H13ClFN3. The fourth-order valence-electron chi connectivity index (χ4n) is 1.67. The molecule has 0 bridgehead atoms. The first-order chi connectivity index (χ1) is 8.09. The normalized spacial score (nSPS) is 11.1. The molecule has 1 aromatic carbocycles. The average molecular weight is 254 g/mol. The zero-order valence-electron chi connectivity index (χ0n) is 9.69. The van der Waals surface area contributed by atoms with Gasteiger partial charge in [0.25, 0.3) is 0 Å². The van der Waals surface area contributed by atoms with Crippen LogP contribution in [-0.2, 0) is 6.54 Å². The summed E-state index contributed by atoms with van der Waals surface area (Å²) in [6, 6.07) is 4.69. The highest BCUT2D eigenvalue weighted by Crippen LogP contribution is 2.28. The molecule has 3 nitrogen and oxygen atoms in total. The third-order valence-electron chi connectivity index (χ3n) is 2.37. The van der Waals surface area contributed by atoms with Gasteiger partial charge < -0.3 is 4.57 Å². The van der Waals surface area contributed by atoms with Crippen molar-refractivity contribution in [3.8, 4) is 11.4 Å². The molecule has 1 aromatic heterocycles. The third-order valence-corrected chi connectivity index (χ3v) is 2.75. The lowest BCUT2D eigenvalue weighted by molar-refractivity contribution is 0.525. The fourth-order valence-corrected chi connectivity index (χ4v) is 1.88. The Morgan fingerprint density at radius 2 is 2.18 bits per heavy atom. The van der Waals surface area contributed by atoms with E-state index >= 15 is 0 Å². The van der Waals surface area contributed by atoms with Crippen molar-refractivity contribution in [2.75, 3.05) is 0 Å². The van der Waals surface area contributed by atoms with Crippen LogP contribution >= 0.6 is 11.6 Å². The lowest BCUT2D eigenvalue weighted by Gasteiger charge is -2.10. The van der Waals surface area contributed by atoms with Crippen LogP contribution in [0.1, 0.15) is 13.8 Å². The molecule has 0 aliphatic rings. The first kappa shape index (κ1) is 12.0. The fraction of sp³-hybridized carbons (Fsp3) is 0.333. The van der Waals surface area contributed by atoms with Gasteiger partial charge in [0.2, 0.25) is 0 Å². The van der Waals surface area contributed by atoms with Crippen LogP contribution in [0.2, 0.25) is 5.02 Å². The van der Waals surface area contributed by atoms with Gasteiger partial charge in [-0.25, -0.2) is 4.39 Å². The van der Waals surface area contributed by atoms with Crippen molar-refractivity contribution in [3.05, 3.63) is 35.4 Å². The molecule has 0 atom stereocenters. The lowest BCUT2D eigenvalue weighted by atomic mass is 10.2. The van der Waals surface area contributed by atoms with Gasteiger partial charge in [-0.3, -0.25) is 0 Å². The van der Waals surface area contributed by atoms with Gasteiger partial charge in [-0.2, -0.15) is 0 Å². The van der Waals surface area contributed by atoms with E-state index in [-0.39, 0.29) is 5.02 Å². The average Bonchev–Trinajstić information content (AvgIpc) is 2.69. The summed E-state index contributed by atoms with van der Waals surface area (Å²) in [4.78, 5) is 0. The largest absolute Gasteiger partial charge is 0.313 e. The molecule has 0 saturated heterocycles. The lowest BCUT2D eigenvalue weighted by Crippen LogP contribution is -2.05. The van der Waals surface area contributed by atoms with E-state index in [2.05, 4.69) is 24.0 Å². The van der Waals surface area contributed by atoms with Crippen LogP contribution in [-0.4, -0.2) is 14.8 Å². The van der Waals surface area contributed by atoms with Crippen molar-refractivity contribution in [1.82, 2.24) is 14.8 Å². The molecule has 1 heterocycles. The summed E-state index contributed by atoms with van der Waals surface area (Å²) in [7, 11) is 0. The molecule has 0 spiro atoms. The molecule has 0 saturated carbocycles. The predicted molar refractivity (Wildman–Crippen MR) is 65.3 cm³/mol. The number of nitrogens with zero attached hydrogens (tertiary/aromatic N) is 3. The monoisotopic (exact) mass is 253 g/mol. The summed E-state index contributed by atoms with van der Waals surface area (Å²) in [5.41, 5.74) is 0.574. The summed E-state index contributed by atoms with van der Waals surface area (Å²) in [6.07, 6.45) is 1.64. The second-order valence-electron chi connectivity index (χ2n) is 4.30. The van der Waals surface area contributed by atoms with Crippen LogP contribution in [0.15, 0.2) is 24.5 Å². The molecule has 0 unspecified atom stereocenters. The van der Waals surface area contributed by atoms with Gasteiger partial charge in [-0.15, -0.1) is 10.2 Å². The minimum atomic E-state index is -0.441. The molecule has 0 amide bonds. The maximum atomic E-state index is 13.4. The molecule has 0 aliphatic heterocycles. The van der Waals surface area contributed by atoms with Crippen molar-refractivity contribution in [1.29, 1.82) is 0 Å². The van der Waals surface area contributed by atoms with Crippen LogP contribution in [0.25, 0.3) is 11.4 Å². The number of benzene rings is 1. The molecule has 90 valence electrons. The van der Waals surface area contributed by atoms with Gasteiger partial charge in [0.15, 0.2) is 5.82 Å². The van der Waals surface area contributed by atoms with E-state index in [1.54, 1.807) is 18.5 Å². The van der Waals surface area contributed by atoms with Crippen molar-refractivity contribution in [2.45, 2.75) is 20.4 Å². The molecular weight excluding hydrogens is 241 g/mol. The SMILES string of the molecule is CC(C)Cn1cnnc1-c1cccc(F)c1Cl. The van der Waals surface area contributed by atoms with Crippen LogP contribution in [0, 0.1) is 11.7 Å². The van der Waals surface area contributed by atoms with E-state index in [0.717, 1.165) is 6.54 Å². The van der Waals surface area contributed by atoms with Crippen LogP contribution in [0.3, 0.4) is 0 Å². The smallest absolute Gasteiger partial charge is 0.165 e. The highest BCUT2D eigenvalue weighted by atomic mass is 35.5. The minimum Gasteiger partial charge on any atom is -0.313 e. The molecule has 0 fully saturated rings. The maximum Gasteiger partial charge on any atom is 0.165 e. The van der Waals surface area contributed by atoms with Crippen molar-refractivity contribution in [3.63, 3.8) is 0 Å². The third kappa shape index (κ3) is 2.47. The Morgan fingerprint density at radius 3 is 2.88 bits per heavy atom. The highest BCUT2D eigenvalue weighted by Gasteiger charge is 2.14. The Balaban J connectivity index is 2.46. The minimum absolute atomic E-state index is 0.0884. The second kappa shape index (κ2) is 4.84.